The zero-order valence-corrected chi connectivity index (χ0v) is 9.99. The first-order valence-corrected chi connectivity index (χ1v) is 5.26. The second kappa shape index (κ2) is 6.39. The maximum absolute atomic E-state index is 13.2. The minimum atomic E-state index is -0.621. The number of amidine groups is 1. The normalized spacial score (nSPS) is 14.6. The number of anilines is 1. The van der Waals surface area contributed by atoms with Crippen molar-refractivity contribution in [1.82, 2.24) is 5.43 Å². The quantitative estimate of drug-likeness (QED) is 0.803. The molecule has 0 unspecified atom stereocenters. The molecule has 0 saturated heterocycles. The Morgan fingerprint density at radius 3 is 2.59 bits per heavy atom. The number of halogens is 3. The highest BCUT2D eigenvalue weighted by atomic mass is 35.5. The Morgan fingerprint density at radius 2 is 1.94 bits per heavy atom. The van der Waals surface area contributed by atoms with Crippen LogP contribution in [0.2, 0.25) is 0 Å². The van der Waals surface area contributed by atoms with Gasteiger partial charge in [-0.05, 0) is 25.0 Å². The van der Waals surface area contributed by atoms with Gasteiger partial charge in [-0.1, -0.05) is 0 Å². The van der Waals surface area contributed by atoms with Gasteiger partial charge in [0, 0.05) is 19.0 Å². The molecule has 94 valence electrons. The van der Waals surface area contributed by atoms with E-state index in [-0.39, 0.29) is 18.1 Å². The Morgan fingerprint density at radius 1 is 1.12 bits per heavy atom. The average Bonchev–Trinajstić information content (AvgIpc) is 2.29. The van der Waals surface area contributed by atoms with Gasteiger partial charge < -0.3 is 0 Å². The molecule has 0 saturated carbocycles. The smallest absolute Gasteiger partial charge is 0.150 e. The van der Waals surface area contributed by atoms with Crippen molar-refractivity contribution in [3.8, 4) is 0 Å². The molecule has 17 heavy (non-hydrogen) atoms. The van der Waals surface area contributed by atoms with E-state index in [0.717, 1.165) is 37.7 Å². The highest BCUT2D eigenvalue weighted by molar-refractivity contribution is 5.85. The molecule has 3 nitrogen and oxygen atoms in total. The van der Waals surface area contributed by atoms with Crippen molar-refractivity contribution in [3.63, 3.8) is 0 Å². The zero-order chi connectivity index (χ0) is 11.4. The van der Waals surface area contributed by atoms with E-state index in [0.29, 0.717) is 0 Å². The molecule has 1 aliphatic heterocycles. The van der Waals surface area contributed by atoms with Gasteiger partial charge >= 0.3 is 0 Å². The fourth-order valence-electron chi connectivity index (χ4n) is 1.53. The van der Waals surface area contributed by atoms with E-state index in [1.807, 2.05) is 0 Å². The summed E-state index contributed by atoms with van der Waals surface area (Å²) in [6.07, 6.45) is 3.03. The molecule has 0 fully saturated rings. The molecule has 0 atom stereocenters. The summed E-state index contributed by atoms with van der Waals surface area (Å²) in [5.74, 6) is -0.392. The van der Waals surface area contributed by atoms with E-state index in [1.54, 1.807) is 0 Å². The van der Waals surface area contributed by atoms with Crippen LogP contribution in [0.25, 0.3) is 0 Å². The van der Waals surface area contributed by atoms with Crippen molar-refractivity contribution in [2.24, 2.45) is 4.99 Å². The number of nitrogens with zero attached hydrogens (tertiary/aromatic N) is 1. The van der Waals surface area contributed by atoms with Gasteiger partial charge in [0.05, 0.1) is 5.69 Å². The predicted molar refractivity (Wildman–Crippen MR) is 66.5 cm³/mol. The topological polar surface area (TPSA) is 36.4 Å². The Kier molecular flexibility index (Phi) is 5.15. The van der Waals surface area contributed by atoms with Crippen LogP contribution in [0, 0.1) is 11.6 Å². The summed E-state index contributed by atoms with van der Waals surface area (Å²) in [4.78, 5) is 4.24. The van der Waals surface area contributed by atoms with Crippen LogP contribution in [0.3, 0.4) is 0 Å². The van der Waals surface area contributed by atoms with Crippen molar-refractivity contribution in [1.29, 1.82) is 0 Å². The van der Waals surface area contributed by atoms with Gasteiger partial charge in [-0.25, -0.2) is 8.78 Å². The van der Waals surface area contributed by atoms with Crippen LogP contribution in [0.4, 0.5) is 14.5 Å². The summed E-state index contributed by atoms with van der Waals surface area (Å²) < 4.78 is 25.9. The molecular formula is C11H14ClF2N3. The summed E-state index contributed by atoms with van der Waals surface area (Å²) in [6.45, 7) is 0.802. The summed E-state index contributed by atoms with van der Waals surface area (Å²) in [5, 5.41) is 0. The van der Waals surface area contributed by atoms with Crippen LogP contribution >= 0.6 is 12.4 Å². The summed E-state index contributed by atoms with van der Waals surface area (Å²) in [7, 11) is 0. The van der Waals surface area contributed by atoms with Crippen LogP contribution < -0.4 is 10.9 Å². The van der Waals surface area contributed by atoms with Gasteiger partial charge in [-0.2, -0.15) is 0 Å². The van der Waals surface area contributed by atoms with E-state index in [1.165, 1.54) is 12.1 Å². The number of hydrazine groups is 1. The number of rotatable bonds is 2. The van der Waals surface area contributed by atoms with E-state index in [4.69, 9.17) is 0 Å². The molecule has 0 spiro atoms. The predicted octanol–water partition coefficient (Wildman–Crippen LogP) is 2.89. The Hall–Kier alpha value is -1.36. The van der Waals surface area contributed by atoms with Crippen molar-refractivity contribution >= 4 is 23.9 Å². The van der Waals surface area contributed by atoms with E-state index in [9.17, 15) is 8.78 Å². The molecule has 1 heterocycles. The van der Waals surface area contributed by atoms with E-state index in [2.05, 4.69) is 15.8 Å². The Labute approximate surface area is 105 Å². The van der Waals surface area contributed by atoms with Crippen LogP contribution in [-0.4, -0.2) is 12.4 Å². The first-order chi connectivity index (χ1) is 7.75. The first kappa shape index (κ1) is 13.7. The van der Waals surface area contributed by atoms with Gasteiger partial charge in [0.2, 0.25) is 0 Å². The van der Waals surface area contributed by atoms with Crippen LogP contribution in [-0.2, 0) is 0 Å². The largest absolute Gasteiger partial charge is 0.297 e. The molecule has 0 amide bonds. The van der Waals surface area contributed by atoms with Crippen molar-refractivity contribution in [2.45, 2.75) is 19.3 Å². The average molecular weight is 262 g/mol. The zero-order valence-electron chi connectivity index (χ0n) is 9.17. The van der Waals surface area contributed by atoms with E-state index < -0.39 is 11.6 Å². The highest BCUT2D eigenvalue weighted by Gasteiger charge is 2.06. The van der Waals surface area contributed by atoms with Crippen LogP contribution in [0.15, 0.2) is 23.2 Å². The molecule has 0 radical (unpaired) electrons. The van der Waals surface area contributed by atoms with Crippen LogP contribution in [0.1, 0.15) is 19.3 Å². The lowest BCUT2D eigenvalue weighted by Gasteiger charge is -2.15. The molecule has 0 bridgehead atoms. The van der Waals surface area contributed by atoms with E-state index >= 15 is 0 Å². The lowest BCUT2D eigenvalue weighted by molar-refractivity contribution is 0.584. The second-order valence-electron chi connectivity index (χ2n) is 3.66. The van der Waals surface area contributed by atoms with Crippen molar-refractivity contribution in [2.75, 3.05) is 12.0 Å². The van der Waals surface area contributed by atoms with Gasteiger partial charge in [0.15, 0.2) is 5.82 Å². The van der Waals surface area contributed by atoms with Gasteiger partial charge in [0.1, 0.15) is 11.7 Å². The second-order valence-corrected chi connectivity index (χ2v) is 3.66. The number of hydrogen-bond acceptors (Lipinski definition) is 3. The summed E-state index contributed by atoms with van der Waals surface area (Å²) in [6, 6.07) is 3.39. The van der Waals surface area contributed by atoms with Crippen LogP contribution in [0.5, 0.6) is 0 Å². The Bertz CT molecular complexity index is 410. The maximum Gasteiger partial charge on any atom is 0.150 e. The van der Waals surface area contributed by atoms with Crippen molar-refractivity contribution in [3.05, 3.63) is 29.8 Å². The third kappa shape index (κ3) is 3.85. The number of aliphatic imine (C=N–C) groups is 1. The minimum Gasteiger partial charge on any atom is -0.297 e. The first-order valence-electron chi connectivity index (χ1n) is 5.26. The molecule has 2 rings (SSSR count). The lowest BCUT2D eigenvalue weighted by Crippen LogP contribution is -2.31. The summed E-state index contributed by atoms with van der Waals surface area (Å²) >= 11 is 0. The van der Waals surface area contributed by atoms with Gasteiger partial charge in [-0.3, -0.25) is 15.8 Å². The number of hydrogen-bond donors (Lipinski definition) is 2. The highest BCUT2D eigenvalue weighted by Crippen LogP contribution is 2.14. The maximum atomic E-state index is 13.2. The molecule has 0 aliphatic carbocycles. The standard InChI is InChI=1S/C11H13F2N3.ClH/c12-8-4-5-10(9(13)7-8)15-16-11-3-1-2-6-14-11;/h4-5,7,15H,1-3,6H2,(H,14,16);1H. The SMILES string of the molecule is Cl.Fc1ccc(NNC2=NCCCC2)c(F)c1. The lowest BCUT2D eigenvalue weighted by atomic mass is 10.2. The minimum absolute atomic E-state index is 0. The fraction of sp³-hybridized carbons (Fsp3) is 0.364. The molecule has 0 aromatic heterocycles. The number of nitrogens with one attached hydrogen (secondary N) is 2. The monoisotopic (exact) mass is 261 g/mol. The third-order valence-electron chi connectivity index (χ3n) is 2.40. The third-order valence-corrected chi connectivity index (χ3v) is 2.40. The molecule has 1 aromatic rings. The summed E-state index contributed by atoms with van der Waals surface area (Å²) in [5.41, 5.74) is 5.74. The molecule has 2 N–H and O–H groups in total. The molecule has 6 heteroatoms. The Balaban J connectivity index is 0.00000144. The van der Waals surface area contributed by atoms with Gasteiger partial charge in [-0.15, -0.1) is 12.4 Å². The van der Waals surface area contributed by atoms with Gasteiger partial charge in [0.25, 0.3) is 0 Å². The molecule has 1 aromatic carbocycles. The molecule has 1 aliphatic rings. The molecular weight excluding hydrogens is 248 g/mol. The number of benzene rings is 1. The van der Waals surface area contributed by atoms with Crippen molar-refractivity contribution < 1.29 is 8.78 Å². The fourth-order valence-corrected chi connectivity index (χ4v) is 1.53.